The minimum atomic E-state index is 0.609. The first kappa shape index (κ1) is 24.3. The molecule has 7 atom stereocenters. The molecule has 0 aromatic heterocycles. The predicted molar refractivity (Wildman–Crippen MR) is 150 cm³/mol. The minimum absolute atomic E-state index is 0.609. The maximum absolute atomic E-state index is 4.85. The van der Waals surface area contributed by atoms with Crippen LogP contribution in [0, 0.1) is 53.3 Å². The van der Waals surface area contributed by atoms with Gasteiger partial charge in [0, 0.05) is 0 Å². The second kappa shape index (κ2) is 9.36. The van der Waals surface area contributed by atoms with Gasteiger partial charge in [-0.25, -0.2) is 0 Å². The van der Waals surface area contributed by atoms with Crippen LogP contribution in [0.15, 0.2) is 45.6 Å². The van der Waals surface area contributed by atoms with E-state index in [9.17, 15) is 0 Å². The van der Waals surface area contributed by atoms with E-state index in [1.54, 1.807) is 11.1 Å². The standard InChI is InChI=1S/C35H52/c1-7-28-22(4)23(5)31(28)32-24(6)30-21(3)20(2)19-29(25-13-8-9-14-25)35(30)34(26-15-10-11-16-26)33(32)27-17-12-18-27/h20,22-23,26-28,31,33-34H,3,7-19H2,1-2,4-6H3. The Morgan fingerprint density at radius 2 is 1.40 bits per heavy atom. The van der Waals surface area contributed by atoms with Crippen LogP contribution in [-0.2, 0) is 0 Å². The summed E-state index contributed by atoms with van der Waals surface area (Å²) < 4.78 is 0. The van der Waals surface area contributed by atoms with Crippen LogP contribution in [0.3, 0.4) is 0 Å². The molecule has 0 heteroatoms. The molecule has 0 radical (unpaired) electrons. The minimum Gasteiger partial charge on any atom is -0.0949 e. The largest absolute Gasteiger partial charge is 0.0949 e. The second-order valence-electron chi connectivity index (χ2n) is 13.9. The molecule has 0 aromatic rings. The summed E-state index contributed by atoms with van der Waals surface area (Å²) in [7, 11) is 0. The molecule has 0 spiro atoms. The van der Waals surface area contributed by atoms with Crippen LogP contribution in [0.5, 0.6) is 0 Å². The van der Waals surface area contributed by atoms with Gasteiger partial charge >= 0.3 is 0 Å². The summed E-state index contributed by atoms with van der Waals surface area (Å²) >= 11 is 0. The third-order valence-corrected chi connectivity index (χ3v) is 12.5. The summed E-state index contributed by atoms with van der Waals surface area (Å²) in [6.07, 6.45) is 18.6. The highest BCUT2D eigenvalue weighted by atomic mass is 14.6. The zero-order valence-corrected chi connectivity index (χ0v) is 23.6. The van der Waals surface area contributed by atoms with Gasteiger partial charge in [-0.2, -0.15) is 0 Å². The Kier molecular flexibility index (Phi) is 6.50. The average molecular weight is 473 g/mol. The van der Waals surface area contributed by atoms with Crippen molar-refractivity contribution in [2.75, 3.05) is 0 Å². The van der Waals surface area contributed by atoms with Gasteiger partial charge in [0.2, 0.25) is 0 Å². The van der Waals surface area contributed by atoms with Crippen LogP contribution in [0.2, 0.25) is 0 Å². The van der Waals surface area contributed by atoms with E-state index in [4.69, 9.17) is 6.58 Å². The normalized spacial score (nSPS) is 40.9. The monoisotopic (exact) mass is 472 g/mol. The van der Waals surface area contributed by atoms with E-state index in [1.165, 1.54) is 89.0 Å². The zero-order valence-electron chi connectivity index (χ0n) is 23.6. The third kappa shape index (κ3) is 3.66. The number of hydrogen-bond acceptors (Lipinski definition) is 0. The first-order valence-corrected chi connectivity index (χ1v) is 15.8. The van der Waals surface area contributed by atoms with Crippen molar-refractivity contribution in [1.82, 2.24) is 0 Å². The lowest BCUT2D eigenvalue weighted by molar-refractivity contribution is 0.00334. The Labute approximate surface area is 216 Å². The number of allylic oxidation sites excluding steroid dienone is 7. The lowest BCUT2D eigenvalue weighted by Gasteiger charge is -2.58. The Morgan fingerprint density at radius 3 is 2.00 bits per heavy atom. The average Bonchev–Trinajstić information content (AvgIpc) is 3.53. The highest BCUT2D eigenvalue weighted by Crippen LogP contribution is 2.64. The van der Waals surface area contributed by atoms with Crippen molar-refractivity contribution < 1.29 is 0 Å². The Balaban J connectivity index is 1.59. The molecule has 0 amide bonds. The van der Waals surface area contributed by atoms with Crippen LogP contribution < -0.4 is 0 Å². The van der Waals surface area contributed by atoms with Crippen molar-refractivity contribution in [3.8, 4) is 0 Å². The summed E-state index contributed by atoms with van der Waals surface area (Å²) in [6, 6.07) is 0. The van der Waals surface area contributed by atoms with E-state index in [0.29, 0.717) is 5.92 Å². The van der Waals surface area contributed by atoms with Crippen molar-refractivity contribution in [1.29, 1.82) is 0 Å². The zero-order chi connectivity index (χ0) is 24.4. The molecule has 4 saturated carbocycles. The molecule has 6 aliphatic rings. The summed E-state index contributed by atoms with van der Waals surface area (Å²) in [5.41, 5.74) is 12.5. The third-order valence-electron chi connectivity index (χ3n) is 12.5. The Hall–Kier alpha value is -1.04. The lowest BCUT2D eigenvalue weighted by Crippen LogP contribution is -2.50. The first-order chi connectivity index (χ1) is 16.9. The molecular formula is C35H52. The van der Waals surface area contributed by atoms with Crippen molar-refractivity contribution in [2.45, 2.75) is 118 Å². The molecule has 0 N–H and O–H groups in total. The summed E-state index contributed by atoms with van der Waals surface area (Å²) in [5.74, 6) is 7.55. The van der Waals surface area contributed by atoms with Crippen LogP contribution in [0.4, 0.5) is 0 Å². The van der Waals surface area contributed by atoms with Crippen molar-refractivity contribution in [3.63, 3.8) is 0 Å². The number of hydrogen-bond donors (Lipinski definition) is 0. The molecule has 0 bridgehead atoms. The molecule has 4 fully saturated rings. The van der Waals surface area contributed by atoms with Gasteiger partial charge in [-0.15, -0.1) is 0 Å². The molecule has 0 aromatic carbocycles. The van der Waals surface area contributed by atoms with Crippen molar-refractivity contribution in [2.24, 2.45) is 53.3 Å². The molecular weight excluding hydrogens is 420 g/mol. The fourth-order valence-electron chi connectivity index (χ4n) is 10.2. The molecule has 0 aliphatic heterocycles. The van der Waals surface area contributed by atoms with Crippen LogP contribution in [0.1, 0.15) is 118 Å². The highest BCUT2D eigenvalue weighted by molar-refractivity contribution is 5.64. The van der Waals surface area contributed by atoms with E-state index >= 15 is 0 Å². The van der Waals surface area contributed by atoms with Gasteiger partial charge in [0.15, 0.2) is 0 Å². The molecule has 6 aliphatic carbocycles. The van der Waals surface area contributed by atoms with Crippen LogP contribution in [-0.4, -0.2) is 0 Å². The van der Waals surface area contributed by atoms with E-state index in [2.05, 4.69) is 34.6 Å². The van der Waals surface area contributed by atoms with Gasteiger partial charge in [0.1, 0.15) is 0 Å². The van der Waals surface area contributed by atoms with Gasteiger partial charge in [0.05, 0.1) is 0 Å². The van der Waals surface area contributed by atoms with E-state index in [0.717, 1.165) is 47.3 Å². The Morgan fingerprint density at radius 1 is 0.771 bits per heavy atom. The van der Waals surface area contributed by atoms with Crippen molar-refractivity contribution >= 4 is 0 Å². The molecule has 6 rings (SSSR count). The lowest BCUT2D eigenvalue weighted by atomic mass is 9.46. The molecule has 35 heavy (non-hydrogen) atoms. The molecule has 0 saturated heterocycles. The SMILES string of the molecule is C=C1C2=C(C(=C3CCCC3)CC1C)C(C1CCCC1)C(C1CCC1)C(C1C(C)C(C)C1CC)=C2C. The van der Waals surface area contributed by atoms with E-state index in [1.807, 2.05) is 22.3 Å². The molecule has 7 unspecified atom stereocenters. The number of rotatable bonds is 4. The van der Waals surface area contributed by atoms with Gasteiger partial charge in [-0.1, -0.05) is 71.1 Å². The van der Waals surface area contributed by atoms with Crippen LogP contribution in [0.25, 0.3) is 0 Å². The highest BCUT2D eigenvalue weighted by Gasteiger charge is 2.54. The molecule has 192 valence electrons. The summed E-state index contributed by atoms with van der Waals surface area (Å²) in [5, 5.41) is 0. The fourth-order valence-corrected chi connectivity index (χ4v) is 10.2. The molecule has 0 nitrogen and oxygen atoms in total. The maximum Gasteiger partial charge on any atom is -0.00562 e. The van der Waals surface area contributed by atoms with Gasteiger partial charge in [-0.05, 0) is 146 Å². The predicted octanol–water partition coefficient (Wildman–Crippen LogP) is 10.2. The molecule has 0 heterocycles. The summed E-state index contributed by atoms with van der Waals surface area (Å²) in [6.45, 7) is 17.5. The maximum atomic E-state index is 4.85. The smallest absolute Gasteiger partial charge is 0.00562 e. The summed E-state index contributed by atoms with van der Waals surface area (Å²) in [4.78, 5) is 0. The second-order valence-corrected chi connectivity index (χ2v) is 13.9. The van der Waals surface area contributed by atoms with Gasteiger partial charge in [0.25, 0.3) is 0 Å². The fraction of sp³-hybridized carbons (Fsp3) is 0.771. The quantitative estimate of drug-likeness (QED) is 0.382. The van der Waals surface area contributed by atoms with Gasteiger partial charge < -0.3 is 0 Å². The van der Waals surface area contributed by atoms with Gasteiger partial charge in [-0.3, -0.25) is 0 Å². The van der Waals surface area contributed by atoms with Crippen molar-refractivity contribution in [3.05, 3.63) is 45.6 Å². The first-order valence-electron chi connectivity index (χ1n) is 15.8. The van der Waals surface area contributed by atoms with E-state index < -0.39 is 0 Å². The van der Waals surface area contributed by atoms with Crippen LogP contribution >= 0.6 is 0 Å². The topological polar surface area (TPSA) is 0 Å². The van der Waals surface area contributed by atoms with E-state index in [-0.39, 0.29) is 0 Å². The Bertz CT molecular complexity index is 950.